The smallest absolute Gasteiger partial charge is 0.223 e. The summed E-state index contributed by atoms with van der Waals surface area (Å²) in [6.45, 7) is 5.18. The summed E-state index contributed by atoms with van der Waals surface area (Å²) < 4.78 is 10.9. The van der Waals surface area contributed by atoms with Gasteiger partial charge in [0.25, 0.3) is 0 Å². The number of fused-ring (bicyclic) bond motifs is 1. The molecule has 1 heterocycles. The lowest BCUT2D eigenvalue weighted by atomic mass is 9.95. The molecular formula is C19H27NO3. The van der Waals surface area contributed by atoms with Crippen LogP contribution >= 0.6 is 0 Å². The van der Waals surface area contributed by atoms with E-state index in [-0.39, 0.29) is 6.04 Å². The van der Waals surface area contributed by atoms with Gasteiger partial charge in [-0.25, -0.2) is 0 Å². The van der Waals surface area contributed by atoms with Gasteiger partial charge < -0.3 is 14.4 Å². The van der Waals surface area contributed by atoms with E-state index in [1.165, 1.54) is 24.0 Å². The van der Waals surface area contributed by atoms with Crippen molar-refractivity contribution in [3.05, 3.63) is 23.3 Å². The first-order chi connectivity index (χ1) is 11.0. The van der Waals surface area contributed by atoms with Gasteiger partial charge >= 0.3 is 0 Å². The van der Waals surface area contributed by atoms with E-state index in [1.54, 1.807) is 14.2 Å². The molecule has 4 nitrogen and oxygen atoms in total. The Balaban J connectivity index is 1.94. The molecule has 1 aromatic carbocycles. The van der Waals surface area contributed by atoms with E-state index in [4.69, 9.17) is 9.47 Å². The van der Waals surface area contributed by atoms with Crippen molar-refractivity contribution in [1.29, 1.82) is 0 Å². The van der Waals surface area contributed by atoms with Gasteiger partial charge in [-0.05, 0) is 61.3 Å². The van der Waals surface area contributed by atoms with Crippen molar-refractivity contribution in [2.75, 3.05) is 20.8 Å². The molecule has 0 spiro atoms. The number of nitrogens with zero attached hydrogens (tertiary/aromatic N) is 1. The number of amides is 1. The minimum atomic E-state index is 0.0843. The molecule has 23 heavy (non-hydrogen) atoms. The summed E-state index contributed by atoms with van der Waals surface area (Å²) >= 11 is 0. The Morgan fingerprint density at radius 3 is 2.43 bits per heavy atom. The molecule has 1 aliphatic carbocycles. The summed E-state index contributed by atoms with van der Waals surface area (Å²) in [5, 5.41) is 0. The largest absolute Gasteiger partial charge is 0.493 e. The Morgan fingerprint density at radius 1 is 1.17 bits per heavy atom. The van der Waals surface area contributed by atoms with Crippen LogP contribution in [0.25, 0.3) is 0 Å². The van der Waals surface area contributed by atoms with Gasteiger partial charge in [-0.2, -0.15) is 0 Å². The van der Waals surface area contributed by atoms with Gasteiger partial charge in [-0.15, -0.1) is 0 Å². The highest BCUT2D eigenvalue weighted by atomic mass is 16.5. The molecule has 1 saturated carbocycles. The van der Waals surface area contributed by atoms with Crippen LogP contribution in [0, 0.1) is 11.8 Å². The number of hydrogen-bond donors (Lipinski definition) is 0. The Hall–Kier alpha value is -1.71. The van der Waals surface area contributed by atoms with Crippen LogP contribution in [0.5, 0.6) is 11.5 Å². The molecule has 1 aliphatic heterocycles. The van der Waals surface area contributed by atoms with E-state index in [0.717, 1.165) is 24.5 Å². The van der Waals surface area contributed by atoms with Crippen molar-refractivity contribution < 1.29 is 14.3 Å². The number of ether oxygens (including phenoxy) is 2. The molecule has 126 valence electrons. The van der Waals surface area contributed by atoms with Crippen LogP contribution in [0.3, 0.4) is 0 Å². The molecule has 4 heteroatoms. The minimum Gasteiger partial charge on any atom is -0.493 e. The van der Waals surface area contributed by atoms with Crippen molar-refractivity contribution >= 4 is 5.91 Å². The summed E-state index contributed by atoms with van der Waals surface area (Å²) in [5.74, 6) is 2.87. The van der Waals surface area contributed by atoms with E-state index in [9.17, 15) is 4.79 Å². The van der Waals surface area contributed by atoms with Gasteiger partial charge in [-0.1, -0.05) is 6.92 Å². The van der Waals surface area contributed by atoms with Crippen LogP contribution in [0.4, 0.5) is 0 Å². The molecule has 2 atom stereocenters. The topological polar surface area (TPSA) is 38.8 Å². The molecule has 1 amide bonds. The highest BCUT2D eigenvalue weighted by Crippen LogP contribution is 2.40. The molecule has 0 aromatic heterocycles. The summed E-state index contributed by atoms with van der Waals surface area (Å²) in [5.41, 5.74) is 2.46. The lowest BCUT2D eigenvalue weighted by Gasteiger charge is -2.30. The highest BCUT2D eigenvalue weighted by molar-refractivity contribution is 5.77. The summed E-state index contributed by atoms with van der Waals surface area (Å²) in [7, 11) is 3.32. The standard InChI is InChI=1S/C19H27NO3/c1-12-7-15-9-17(22-3)18(23-4)10-16(15)13(2)20(11-12)19(21)8-14-5-6-14/h9-10,12-14H,5-8,11H2,1-4H3/t12-,13-/m1/s1. The normalized spacial score (nSPS) is 23.9. The molecule has 1 fully saturated rings. The van der Waals surface area contributed by atoms with Crippen LogP contribution in [0.2, 0.25) is 0 Å². The third-order valence-electron chi connectivity index (χ3n) is 5.12. The lowest BCUT2D eigenvalue weighted by molar-refractivity contribution is -0.134. The minimum absolute atomic E-state index is 0.0843. The van der Waals surface area contributed by atoms with Gasteiger partial charge in [0, 0.05) is 13.0 Å². The summed E-state index contributed by atoms with van der Waals surface area (Å²) in [6.07, 6.45) is 4.10. The monoisotopic (exact) mass is 317 g/mol. The Kier molecular flexibility index (Phi) is 4.51. The number of rotatable bonds is 4. The van der Waals surface area contributed by atoms with Crippen molar-refractivity contribution in [2.24, 2.45) is 11.8 Å². The molecule has 0 N–H and O–H groups in total. The number of carbonyl (C=O) groups excluding carboxylic acids is 1. The zero-order chi connectivity index (χ0) is 16.6. The van der Waals surface area contributed by atoms with E-state index < -0.39 is 0 Å². The first-order valence-corrected chi connectivity index (χ1v) is 8.57. The number of methoxy groups -OCH3 is 2. The Morgan fingerprint density at radius 2 is 1.83 bits per heavy atom. The summed E-state index contributed by atoms with van der Waals surface area (Å²) in [6, 6.07) is 4.21. The maximum atomic E-state index is 12.7. The number of carbonyl (C=O) groups is 1. The second kappa shape index (κ2) is 6.42. The van der Waals surface area contributed by atoms with Gasteiger partial charge in [0.05, 0.1) is 20.3 Å². The zero-order valence-corrected chi connectivity index (χ0v) is 14.6. The maximum Gasteiger partial charge on any atom is 0.223 e. The average molecular weight is 317 g/mol. The van der Waals surface area contributed by atoms with Crippen LogP contribution < -0.4 is 9.47 Å². The third-order valence-corrected chi connectivity index (χ3v) is 5.12. The molecule has 0 unspecified atom stereocenters. The number of benzene rings is 1. The third kappa shape index (κ3) is 3.31. The van der Waals surface area contributed by atoms with E-state index in [0.29, 0.717) is 24.2 Å². The summed E-state index contributed by atoms with van der Waals surface area (Å²) in [4.78, 5) is 14.8. The zero-order valence-electron chi connectivity index (χ0n) is 14.6. The first kappa shape index (κ1) is 16.2. The fourth-order valence-corrected chi connectivity index (χ4v) is 3.61. The molecule has 0 radical (unpaired) electrons. The predicted molar refractivity (Wildman–Crippen MR) is 89.9 cm³/mol. The first-order valence-electron chi connectivity index (χ1n) is 8.57. The maximum absolute atomic E-state index is 12.7. The number of hydrogen-bond acceptors (Lipinski definition) is 3. The molecule has 3 rings (SSSR count). The van der Waals surface area contributed by atoms with Crippen LogP contribution in [0.15, 0.2) is 12.1 Å². The quantitative estimate of drug-likeness (QED) is 0.852. The van der Waals surface area contributed by atoms with Gasteiger partial charge in [0.1, 0.15) is 0 Å². The molecular weight excluding hydrogens is 290 g/mol. The van der Waals surface area contributed by atoms with Gasteiger partial charge in [-0.3, -0.25) is 4.79 Å². The van der Waals surface area contributed by atoms with E-state index in [1.807, 2.05) is 6.07 Å². The highest BCUT2D eigenvalue weighted by Gasteiger charge is 2.33. The van der Waals surface area contributed by atoms with Crippen LogP contribution in [-0.2, 0) is 11.2 Å². The van der Waals surface area contributed by atoms with Crippen LogP contribution in [0.1, 0.15) is 50.3 Å². The van der Waals surface area contributed by atoms with Gasteiger partial charge in [0.15, 0.2) is 11.5 Å². The molecule has 0 bridgehead atoms. The molecule has 0 saturated heterocycles. The fourth-order valence-electron chi connectivity index (χ4n) is 3.61. The SMILES string of the molecule is COc1cc2c(cc1OC)[C@@H](C)N(C(=O)CC1CC1)C[C@H](C)C2. The second-order valence-electron chi connectivity index (χ2n) is 7.08. The van der Waals surface area contributed by atoms with Crippen LogP contribution in [-0.4, -0.2) is 31.6 Å². The average Bonchev–Trinajstić information content (AvgIpc) is 3.35. The van der Waals surface area contributed by atoms with E-state index in [2.05, 4.69) is 24.8 Å². The Labute approximate surface area is 138 Å². The predicted octanol–water partition coefficient (Wildman–Crippen LogP) is 3.59. The lowest BCUT2D eigenvalue weighted by Crippen LogP contribution is -2.35. The van der Waals surface area contributed by atoms with Crippen molar-refractivity contribution in [3.63, 3.8) is 0 Å². The Bertz CT molecular complexity index is 595. The van der Waals surface area contributed by atoms with Crippen molar-refractivity contribution in [1.82, 2.24) is 4.90 Å². The van der Waals surface area contributed by atoms with Gasteiger partial charge in [0.2, 0.25) is 5.91 Å². The van der Waals surface area contributed by atoms with Crippen molar-refractivity contribution in [3.8, 4) is 11.5 Å². The van der Waals surface area contributed by atoms with Crippen molar-refractivity contribution in [2.45, 2.75) is 45.6 Å². The second-order valence-corrected chi connectivity index (χ2v) is 7.08. The molecule has 1 aromatic rings. The molecule has 2 aliphatic rings. The van der Waals surface area contributed by atoms with E-state index >= 15 is 0 Å². The fraction of sp³-hybridized carbons (Fsp3) is 0.632.